The highest BCUT2D eigenvalue weighted by Gasteiger charge is 2.24. The maximum atomic E-state index is 12.0. The van der Waals surface area contributed by atoms with Gasteiger partial charge in [-0.1, -0.05) is 0 Å². The number of carbonyl (C=O) groups is 1. The van der Waals surface area contributed by atoms with Crippen LogP contribution in [0.25, 0.3) is 0 Å². The van der Waals surface area contributed by atoms with E-state index in [1.165, 1.54) is 0 Å². The molecule has 0 spiro atoms. The second-order valence-corrected chi connectivity index (χ2v) is 4.38. The molecular formula is C13H19N3O3. The van der Waals surface area contributed by atoms with Crippen molar-refractivity contribution in [2.24, 2.45) is 0 Å². The molecule has 1 N–H and O–H groups in total. The van der Waals surface area contributed by atoms with Crippen LogP contribution in [0.1, 0.15) is 47.5 Å². The van der Waals surface area contributed by atoms with E-state index in [1.54, 1.807) is 14.0 Å². The number of nitrogens with zero attached hydrogens (tertiary/aromatic N) is 2. The Kier molecular flexibility index (Phi) is 4.44. The number of ether oxygens (including phenoxy) is 2. The van der Waals surface area contributed by atoms with Crippen molar-refractivity contribution in [3.05, 3.63) is 22.8 Å². The predicted octanol–water partition coefficient (Wildman–Crippen LogP) is 1.01. The first-order chi connectivity index (χ1) is 9.17. The summed E-state index contributed by atoms with van der Waals surface area (Å²) in [5, 5.41) is 3.22. The third-order valence-corrected chi connectivity index (χ3v) is 3.14. The third-order valence-electron chi connectivity index (χ3n) is 3.14. The van der Waals surface area contributed by atoms with Gasteiger partial charge in [0.1, 0.15) is 6.10 Å². The SMILES string of the molecule is CCOC(=O)c1nc(C(C)OC)nc2c1CNCC2. The first-order valence-corrected chi connectivity index (χ1v) is 6.47. The van der Waals surface area contributed by atoms with Crippen LogP contribution in [0.3, 0.4) is 0 Å². The smallest absolute Gasteiger partial charge is 0.357 e. The van der Waals surface area contributed by atoms with Crippen molar-refractivity contribution in [1.82, 2.24) is 15.3 Å². The van der Waals surface area contributed by atoms with Crippen LogP contribution in [0.15, 0.2) is 0 Å². The molecule has 104 valence electrons. The van der Waals surface area contributed by atoms with Crippen LogP contribution in [-0.2, 0) is 22.4 Å². The lowest BCUT2D eigenvalue weighted by atomic mass is 10.0. The zero-order valence-electron chi connectivity index (χ0n) is 11.5. The fourth-order valence-corrected chi connectivity index (χ4v) is 2.02. The second-order valence-electron chi connectivity index (χ2n) is 4.38. The van der Waals surface area contributed by atoms with Crippen molar-refractivity contribution in [3.63, 3.8) is 0 Å². The van der Waals surface area contributed by atoms with Crippen molar-refractivity contribution in [1.29, 1.82) is 0 Å². The van der Waals surface area contributed by atoms with Crippen molar-refractivity contribution in [3.8, 4) is 0 Å². The summed E-state index contributed by atoms with van der Waals surface area (Å²) in [7, 11) is 1.60. The summed E-state index contributed by atoms with van der Waals surface area (Å²) >= 11 is 0. The number of fused-ring (bicyclic) bond motifs is 1. The molecular weight excluding hydrogens is 246 g/mol. The van der Waals surface area contributed by atoms with Crippen molar-refractivity contribution < 1.29 is 14.3 Å². The molecule has 6 heteroatoms. The lowest BCUT2D eigenvalue weighted by Gasteiger charge is -2.20. The molecule has 0 fully saturated rings. The zero-order valence-corrected chi connectivity index (χ0v) is 11.5. The Balaban J connectivity index is 2.46. The van der Waals surface area contributed by atoms with Crippen LogP contribution < -0.4 is 5.32 Å². The molecule has 1 atom stereocenters. The molecule has 1 unspecified atom stereocenters. The largest absolute Gasteiger partial charge is 0.461 e. The van der Waals surface area contributed by atoms with E-state index in [9.17, 15) is 4.79 Å². The number of aromatic nitrogens is 2. The highest BCUT2D eigenvalue weighted by atomic mass is 16.5. The predicted molar refractivity (Wildman–Crippen MR) is 68.8 cm³/mol. The molecule has 19 heavy (non-hydrogen) atoms. The standard InChI is InChI=1S/C13H19N3O3/c1-4-19-13(17)11-9-7-14-6-5-10(9)15-12(16-11)8(2)18-3/h8,14H,4-7H2,1-3H3. The van der Waals surface area contributed by atoms with Gasteiger partial charge >= 0.3 is 5.97 Å². The van der Waals surface area contributed by atoms with Crippen LogP contribution in [-0.4, -0.2) is 36.2 Å². The van der Waals surface area contributed by atoms with Gasteiger partial charge in [0, 0.05) is 32.2 Å². The van der Waals surface area contributed by atoms with Gasteiger partial charge in [0.05, 0.1) is 12.3 Å². The van der Waals surface area contributed by atoms with Crippen LogP contribution in [0.2, 0.25) is 0 Å². The number of nitrogens with one attached hydrogen (secondary N) is 1. The molecule has 0 bridgehead atoms. The molecule has 0 saturated carbocycles. The van der Waals surface area contributed by atoms with Crippen molar-refractivity contribution in [2.75, 3.05) is 20.3 Å². The molecule has 1 aromatic rings. The van der Waals surface area contributed by atoms with E-state index in [4.69, 9.17) is 9.47 Å². The first-order valence-electron chi connectivity index (χ1n) is 6.47. The molecule has 2 rings (SSSR count). The number of carbonyl (C=O) groups excluding carboxylic acids is 1. The van der Waals surface area contributed by atoms with E-state index < -0.39 is 5.97 Å². The minimum Gasteiger partial charge on any atom is -0.461 e. The maximum absolute atomic E-state index is 12.0. The Hall–Kier alpha value is -1.53. The van der Waals surface area contributed by atoms with Crippen molar-refractivity contribution in [2.45, 2.75) is 32.9 Å². The van der Waals surface area contributed by atoms with E-state index in [2.05, 4.69) is 15.3 Å². The van der Waals surface area contributed by atoms with E-state index in [0.29, 0.717) is 24.7 Å². The second kappa shape index (κ2) is 6.08. The first kappa shape index (κ1) is 13.9. The van der Waals surface area contributed by atoms with Gasteiger partial charge in [0.25, 0.3) is 0 Å². The molecule has 0 saturated heterocycles. The Bertz CT molecular complexity index is 476. The van der Waals surface area contributed by atoms with Gasteiger partial charge in [0.15, 0.2) is 11.5 Å². The molecule has 2 heterocycles. The third kappa shape index (κ3) is 2.90. The Morgan fingerprint density at radius 2 is 2.26 bits per heavy atom. The van der Waals surface area contributed by atoms with Crippen LogP contribution in [0, 0.1) is 0 Å². The summed E-state index contributed by atoms with van der Waals surface area (Å²) in [5.41, 5.74) is 2.12. The lowest BCUT2D eigenvalue weighted by molar-refractivity contribution is 0.0514. The molecule has 0 amide bonds. The molecule has 1 aliphatic heterocycles. The fraction of sp³-hybridized carbons (Fsp3) is 0.615. The molecule has 1 aliphatic rings. The normalized spacial score (nSPS) is 15.7. The highest BCUT2D eigenvalue weighted by Crippen LogP contribution is 2.20. The monoisotopic (exact) mass is 265 g/mol. The number of rotatable bonds is 4. The van der Waals surface area contributed by atoms with Gasteiger partial charge in [-0.2, -0.15) is 0 Å². The number of hydrogen-bond acceptors (Lipinski definition) is 6. The molecule has 0 aromatic carbocycles. The summed E-state index contributed by atoms with van der Waals surface area (Å²) in [6.07, 6.45) is 0.543. The van der Waals surface area contributed by atoms with Crippen LogP contribution in [0.5, 0.6) is 0 Å². The number of esters is 1. The molecule has 0 radical (unpaired) electrons. The van der Waals surface area contributed by atoms with Crippen molar-refractivity contribution >= 4 is 5.97 Å². The minimum absolute atomic E-state index is 0.242. The van der Waals surface area contributed by atoms with E-state index >= 15 is 0 Å². The van der Waals surface area contributed by atoms with Gasteiger partial charge in [-0.15, -0.1) is 0 Å². The Morgan fingerprint density at radius 3 is 2.95 bits per heavy atom. The van der Waals surface area contributed by atoms with Gasteiger partial charge in [-0.3, -0.25) is 0 Å². The maximum Gasteiger partial charge on any atom is 0.357 e. The van der Waals surface area contributed by atoms with Gasteiger partial charge in [-0.05, 0) is 13.8 Å². The molecule has 6 nitrogen and oxygen atoms in total. The molecule has 1 aromatic heterocycles. The van der Waals surface area contributed by atoms with E-state index in [1.807, 2.05) is 6.92 Å². The number of hydrogen-bond donors (Lipinski definition) is 1. The molecule has 0 aliphatic carbocycles. The van der Waals surface area contributed by atoms with E-state index in [0.717, 1.165) is 24.2 Å². The summed E-state index contributed by atoms with van der Waals surface area (Å²) in [6.45, 7) is 5.43. The average molecular weight is 265 g/mol. The van der Waals surface area contributed by atoms with Gasteiger partial charge < -0.3 is 14.8 Å². The lowest BCUT2D eigenvalue weighted by Crippen LogP contribution is -2.29. The summed E-state index contributed by atoms with van der Waals surface area (Å²) in [6, 6.07) is 0. The van der Waals surface area contributed by atoms with Gasteiger partial charge in [-0.25, -0.2) is 14.8 Å². The van der Waals surface area contributed by atoms with Gasteiger partial charge in [0.2, 0.25) is 0 Å². The Morgan fingerprint density at radius 1 is 1.47 bits per heavy atom. The zero-order chi connectivity index (χ0) is 13.8. The highest BCUT2D eigenvalue weighted by molar-refractivity contribution is 5.89. The summed E-state index contributed by atoms with van der Waals surface area (Å²) in [4.78, 5) is 20.8. The number of methoxy groups -OCH3 is 1. The minimum atomic E-state index is -0.394. The average Bonchev–Trinajstić information content (AvgIpc) is 2.45. The Labute approximate surface area is 112 Å². The fourth-order valence-electron chi connectivity index (χ4n) is 2.02. The summed E-state index contributed by atoms with van der Waals surface area (Å²) in [5.74, 6) is 0.139. The quantitative estimate of drug-likeness (QED) is 0.819. The van der Waals surface area contributed by atoms with E-state index in [-0.39, 0.29) is 6.10 Å². The topological polar surface area (TPSA) is 73.3 Å². The van der Waals surface area contributed by atoms with Crippen LogP contribution in [0.4, 0.5) is 0 Å². The van der Waals surface area contributed by atoms with Crippen LogP contribution >= 0.6 is 0 Å². The summed E-state index contributed by atoms with van der Waals surface area (Å²) < 4.78 is 10.3.